The Morgan fingerprint density at radius 1 is 1.04 bits per heavy atom. The molecule has 23 heavy (non-hydrogen) atoms. The Morgan fingerprint density at radius 3 is 2.52 bits per heavy atom. The second kappa shape index (κ2) is 5.23. The maximum Gasteiger partial charge on any atom is 0.573 e. The van der Waals surface area contributed by atoms with Crippen LogP contribution in [0, 0.1) is 0 Å². The summed E-state index contributed by atoms with van der Waals surface area (Å²) in [5, 5.41) is 0. The number of aromatic nitrogens is 3. The maximum atomic E-state index is 12.7. The van der Waals surface area contributed by atoms with Crippen LogP contribution in [0.2, 0.25) is 0 Å². The van der Waals surface area contributed by atoms with Gasteiger partial charge in [0.25, 0.3) is 10.0 Å². The first kappa shape index (κ1) is 15.3. The molecule has 0 fully saturated rings. The molecule has 1 aromatic carbocycles. The molecule has 120 valence electrons. The van der Waals surface area contributed by atoms with Gasteiger partial charge in [-0.1, -0.05) is 12.1 Å². The number of imidazole rings is 1. The highest BCUT2D eigenvalue weighted by molar-refractivity contribution is 7.90. The molecule has 0 amide bonds. The van der Waals surface area contributed by atoms with Gasteiger partial charge in [0, 0.05) is 6.20 Å². The number of halogens is 3. The van der Waals surface area contributed by atoms with Crippen LogP contribution in [0.5, 0.6) is 5.75 Å². The topological polar surface area (TPSA) is 74.1 Å². The van der Waals surface area contributed by atoms with Gasteiger partial charge in [-0.15, -0.1) is 13.2 Å². The Balaban J connectivity index is 2.18. The van der Waals surface area contributed by atoms with Crippen LogP contribution in [0.15, 0.2) is 53.8 Å². The number of pyridine rings is 1. The second-order valence-electron chi connectivity index (χ2n) is 4.39. The number of hydrogen-bond acceptors (Lipinski definition) is 5. The molecule has 0 aliphatic heterocycles. The van der Waals surface area contributed by atoms with Crippen LogP contribution in [-0.2, 0) is 10.0 Å². The molecule has 6 nitrogen and oxygen atoms in total. The van der Waals surface area contributed by atoms with E-state index in [9.17, 15) is 21.6 Å². The Bertz CT molecular complexity index is 967. The van der Waals surface area contributed by atoms with Gasteiger partial charge in [-0.25, -0.2) is 22.4 Å². The SMILES string of the molecule is O=S(=O)(c1ccccc1OC(F)(F)F)n1cnc2cccnc21. The molecular formula is C13H8F3N3O3S. The van der Waals surface area contributed by atoms with Gasteiger partial charge in [0.1, 0.15) is 22.5 Å². The summed E-state index contributed by atoms with van der Waals surface area (Å²) in [5.74, 6) is -0.821. The van der Waals surface area contributed by atoms with Gasteiger partial charge in [0.15, 0.2) is 5.65 Å². The third-order valence-electron chi connectivity index (χ3n) is 2.89. The van der Waals surface area contributed by atoms with Gasteiger partial charge >= 0.3 is 6.36 Å². The van der Waals surface area contributed by atoms with Crippen LogP contribution in [-0.4, -0.2) is 28.7 Å². The van der Waals surface area contributed by atoms with Gasteiger partial charge in [-0.3, -0.25) is 0 Å². The summed E-state index contributed by atoms with van der Waals surface area (Å²) in [4.78, 5) is 7.13. The molecule has 0 spiro atoms. The highest BCUT2D eigenvalue weighted by atomic mass is 32.2. The van der Waals surface area contributed by atoms with Crippen LogP contribution in [0.3, 0.4) is 0 Å². The summed E-state index contributed by atoms with van der Waals surface area (Å²) in [6, 6.07) is 7.57. The molecule has 10 heteroatoms. The Morgan fingerprint density at radius 2 is 1.78 bits per heavy atom. The molecular weight excluding hydrogens is 335 g/mol. The zero-order valence-corrected chi connectivity index (χ0v) is 12.0. The van der Waals surface area contributed by atoms with Crippen LogP contribution in [0.4, 0.5) is 13.2 Å². The first-order chi connectivity index (χ1) is 10.8. The van der Waals surface area contributed by atoms with Crippen LogP contribution < -0.4 is 4.74 Å². The van der Waals surface area contributed by atoms with E-state index in [4.69, 9.17) is 0 Å². The summed E-state index contributed by atoms with van der Waals surface area (Å²) in [6.07, 6.45) is -2.67. The molecule has 2 aromatic heterocycles. The summed E-state index contributed by atoms with van der Waals surface area (Å²) >= 11 is 0. The number of para-hydroxylation sites is 1. The predicted molar refractivity (Wildman–Crippen MR) is 73.2 cm³/mol. The molecule has 3 rings (SSSR count). The minimum atomic E-state index is -5.01. The smallest absolute Gasteiger partial charge is 0.404 e. The molecule has 3 aromatic rings. The summed E-state index contributed by atoms with van der Waals surface area (Å²) in [7, 11) is -4.36. The molecule has 2 heterocycles. The van der Waals surface area contributed by atoms with E-state index in [-0.39, 0.29) is 5.65 Å². The number of hydrogen-bond donors (Lipinski definition) is 0. The van der Waals surface area contributed by atoms with E-state index in [1.54, 1.807) is 6.07 Å². The normalized spacial score (nSPS) is 12.5. The maximum absolute atomic E-state index is 12.7. The van der Waals surface area contributed by atoms with Crippen LogP contribution in [0.1, 0.15) is 0 Å². The first-order valence-electron chi connectivity index (χ1n) is 6.17. The minimum absolute atomic E-state index is 0.00862. The third kappa shape index (κ3) is 2.84. The van der Waals surface area contributed by atoms with Gasteiger partial charge in [0.2, 0.25) is 0 Å². The van der Waals surface area contributed by atoms with Crippen molar-refractivity contribution < 1.29 is 26.3 Å². The van der Waals surface area contributed by atoms with Crippen molar-refractivity contribution in [1.29, 1.82) is 0 Å². The standard InChI is InChI=1S/C13H8F3N3O3S/c14-13(15,16)22-10-5-1-2-6-11(10)23(20,21)19-8-18-9-4-3-7-17-12(9)19/h1-8H. The summed E-state index contributed by atoms with van der Waals surface area (Å²) < 4.78 is 67.2. The molecule has 0 unspecified atom stereocenters. The second-order valence-corrected chi connectivity index (χ2v) is 6.17. The Labute approximate surface area is 128 Å². The minimum Gasteiger partial charge on any atom is -0.404 e. The van der Waals surface area contributed by atoms with E-state index in [0.717, 1.165) is 18.5 Å². The lowest BCUT2D eigenvalue weighted by Crippen LogP contribution is -2.20. The van der Waals surface area contributed by atoms with E-state index >= 15 is 0 Å². The highest BCUT2D eigenvalue weighted by Gasteiger charge is 2.34. The highest BCUT2D eigenvalue weighted by Crippen LogP contribution is 2.31. The molecule has 0 aliphatic rings. The zero-order chi connectivity index (χ0) is 16.7. The largest absolute Gasteiger partial charge is 0.573 e. The molecule has 0 N–H and O–H groups in total. The first-order valence-corrected chi connectivity index (χ1v) is 7.61. The number of alkyl halides is 3. The van der Waals surface area contributed by atoms with Crippen molar-refractivity contribution in [3.05, 3.63) is 48.9 Å². The fourth-order valence-electron chi connectivity index (χ4n) is 1.98. The molecule has 0 aliphatic carbocycles. The van der Waals surface area contributed by atoms with Crippen molar-refractivity contribution in [2.45, 2.75) is 11.3 Å². The van der Waals surface area contributed by atoms with E-state index in [1.807, 2.05) is 0 Å². The van der Waals surface area contributed by atoms with Crippen LogP contribution >= 0.6 is 0 Å². The monoisotopic (exact) mass is 343 g/mol. The zero-order valence-electron chi connectivity index (χ0n) is 11.2. The molecule has 0 bridgehead atoms. The number of benzene rings is 1. The van der Waals surface area contributed by atoms with Crippen molar-refractivity contribution >= 4 is 21.2 Å². The van der Waals surface area contributed by atoms with Crippen LogP contribution in [0.25, 0.3) is 11.2 Å². The Kier molecular flexibility index (Phi) is 3.48. The van der Waals surface area contributed by atoms with Gasteiger partial charge in [0.05, 0.1) is 0 Å². The Hall–Kier alpha value is -2.62. The fraction of sp³-hybridized carbons (Fsp3) is 0.0769. The fourth-order valence-corrected chi connectivity index (χ4v) is 3.35. The quantitative estimate of drug-likeness (QED) is 0.731. The molecule has 0 saturated heterocycles. The van der Waals surface area contributed by atoms with Gasteiger partial charge in [-0.2, -0.15) is 0 Å². The average Bonchev–Trinajstić information content (AvgIpc) is 2.90. The number of rotatable bonds is 3. The number of ether oxygens (including phenoxy) is 1. The third-order valence-corrected chi connectivity index (χ3v) is 4.57. The average molecular weight is 343 g/mol. The van der Waals surface area contributed by atoms with Gasteiger partial charge < -0.3 is 4.74 Å². The van der Waals surface area contributed by atoms with E-state index in [0.29, 0.717) is 9.49 Å². The summed E-state index contributed by atoms with van der Waals surface area (Å²) in [6.45, 7) is 0. The van der Waals surface area contributed by atoms with Crippen molar-refractivity contribution in [1.82, 2.24) is 13.9 Å². The lowest BCUT2D eigenvalue weighted by molar-refractivity contribution is -0.275. The van der Waals surface area contributed by atoms with E-state index < -0.39 is 27.0 Å². The van der Waals surface area contributed by atoms with Crippen molar-refractivity contribution in [3.8, 4) is 5.75 Å². The van der Waals surface area contributed by atoms with Crippen molar-refractivity contribution in [3.63, 3.8) is 0 Å². The van der Waals surface area contributed by atoms with E-state index in [2.05, 4.69) is 14.7 Å². The molecule has 0 atom stereocenters. The molecule has 0 radical (unpaired) electrons. The number of nitrogens with zero attached hydrogens (tertiary/aromatic N) is 3. The predicted octanol–water partition coefficient (Wildman–Crippen LogP) is 2.57. The lowest BCUT2D eigenvalue weighted by Gasteiger charge is -2.13. The molecule has 0 saturated carbocycles. The van der Waals surface area contributed by atoms with Crippen molar-refractivity contribution in [2.75, 3.05) is 0 Å². The van der Waals surface area contributed by atoms with E-state index in [1.165, 1.54) is 24.4 Å². The summed E-state index contributed by atoms with van der Waals surface area (Å²) in [5.41, 5.74) is 0.305. The van der Waals surface area contributed by atoms with Crippen molar-refractivity contribution in [2.24, 2.45) is 0 Å². The van der Waals surface area contributed by atoms with Gasteiger partial charge in [-0.05, 0) is 24.3 Å². The lowest BCUT2D eigenvalue weighted by atomic mass is 10.3. The number of fused-ring (bicyclic) bond motifs is 1.